The number of thiazole rings is 1. The summed E-state index contributed by atoms with van der Waals surface area (Å²) in [6, 6.07) is 0. The quantitative estimate of drug-likeness (QED) is 0.780. The molecule has 0 unspecified atom stereocenters. The summed E-state index contributed by atoms with van der Waals surface area (Å²) < 4.78 is 0. The Morgan fingerprint density at radius 3 is 2.47 bits per heavy atom. The summed E-state index contributed by atoms with van der Waals surface area (Å²) in [5, 5.41) is 4.77. The smallest absolute Gasteiger partial charge is 0.0944 e. The predicted octanol–water partition coefficient (Wildman–Crippen LogP) is 3.04. The summed E-state index contributed by atoms with van der Waals surface area (Å²) in [5.41, 5.74) is 1.41. The first-order chi connectivity index (χ1) is 8.84. The average molecular weight is 283 g/mol. The molecular weight excluding hydrogens is 254 g/mol. The highest BCUT2D eigenvalue weighted by atomic mass is 32.1. The van der Waals surface area contributed by atoms with E-state index in [-0.39, 0.29) is 5.41 Å². The van der Waals surface area contributed by atoms with Crippen LogP contribution >= 0.6 is 11.3 Å². The van der Waals surface area contributed by atoms with Gasteiger partial charge in [0.25, 0.3) is 0 Å². The lowest BCUT2D eigenvalue weighted by molar-refractivity contribution is 0.413. The van der Waals surface area contributed by atoms with Crippen molar-refractivity contribution in [2.45, 2.75) is 52.5 Å². The first-order valence-corrected chi connectivity index (χ1v) is 8.00. The van der Waals surface area contributed by atoms with Crippen molar-refractivity contribution in [2.24, 2.45) is 0 Å². The maximum Gasteiger partial charge on any atom is 0.0944 e. The van der Waals surface area contributed by atoms with Crippen LogP contribution in [0.3, 0.4) is 0 Å². The zero-order valence-corrected chi connectivity index (χ0v) is 14.2. The third kappa shape index (κ3) is 5.59. The second-order valence-electron chi connectivity index (χ2n) is 6.36. The third-order valence-corrected chi connectivity index (χ3v) is 4.05. The lowest BCUT2D eigenvalue weighted by atomic mass is 9.91. The van der Waals surface area contributed by atoms with Crippen LogP contribution in [0.4, 0.5) is 0 Å². The number of rotatable bonds is 7. The molecule has 0 aliphatic heterocycles. The topological polar surface area (TPSA) is 28.2 Å². The maximum absolute atomic E-state index is 4.88. The Morgan fingerprint density at radius 1 is 1.26 bits per heavy atom. The summed E-state index contributed by atoms with van der Waals surface area (Å²) in [4.78, 5) is 8.51. The molecule has 110 valence electrons. The highest BCUT2D eigenvalue weighted by Crippen LogP contribution is 2.29. The molecule has 1 heterocycles. The van der Waals surface area contributed by atoms with Crippen LogP contribution in [0.1, 0.15) is 49.7 Å². The van der Waals surface area contributed by atoms with Crippen molar-refractivity contribution in [3.05, 3.63) is 15.6 Å². The number of hydrogen-bond donors (Lipinski definition) is 1. The minimum absolute atomic E-state index is 0.135. The van der Waals surface area contributed by atoms with E-state index in [1.54, 1.807) is 0 Å². The largest absolute Gasteiger partial charge is 0.312 e. The van der Waals surface area contributed by atoms with E-state index in [1.165, 1.54) is 22.0 Å². The lowest BCUT2D eigenvalue weighted by Crippen LogP contribution is -2.19. The molecule has 0 radical (unpaired) electrons. The van der Waals surface area contributed by atoms with Gasteiger partial charge in [0.05, 0.1) is 10.7 Å². The zero-order valence-electron chi connectivity index (χ0n) is 13.3. The molecule has 0 saturated heterocycles. The zero-order chi connectivity index (χ0) is 14.5. The Morgan fingerprint density at radius 2 is 1.95 bits per heavy atom. The van der Waals surface area contributed by atoms with Gasteiger partial charge in [0.1, 0.15) is 0 Å². The Balaban J connectivity index is 2.80. The van der Waals surface area contributed by atoms with Crippen molar-refractivity contribution >= 4 is 11.3 Å². The fourth-order valence-corrected chi connectivity index (χ4v) is 3.15. The summed E-state index contributed by atoms with van der Waals surface area (Å²) in [6.07, 6.45) is 2.23. The van der Waals surface area contributed by atoms with E-state index in [0.717, 1.165) is 26.1 Å². The highest BCUT2D eigenvalue weighted by molar-refractivity contribution is 7.11. The van der Waals surface area contributed by atoms with Gasteiger partial charge < -0.3 is 10.2 Å². The fraction of sp³-hybridized carbons (Fsp3) is 0.800. The van der Waals surface area contributed by atoms with Crippen LogP contribution in [0.5, 0.6) is 0 Å². The van der Waals surface area contributed by atoms with Crippen molar-refractivity contribution in [3.8, 4) is 0 Å². The number of aromatic nitrogens is 1. The van der Waals surface area contributed by atoms with Gasteiger partial charge in [0.15, 0.2) is 0 Å². The summed E-state index contributed by atoms with van der Waals surface area (Å²) in [7, 11) is 4.23. The molecule has 19 heavy (non-hydrogen) atoms. The molecular formula is C15H29N3S. The Hall–Kier alpha value is -0.450. The summed E-state index contributed by atoms with van der Waals surface area (Å²) in [6.45, 7) is 12.1. The second-order valence-corrected chi connectivity index (χ2v) is 7.53. The SMILES string of the molecule is CCCNCc1sc(CCN(C)C)nc1C(C)(C)C. The molecule has 0 atom stereocenters. The normalized spacial score (nSPS) is 12.4. The van der Waals surface area contributed by atoms with Crippen LogP contribution in [0.2, 0.25) is 0 Å². The van der Waals surface area contributed by atoms with Crippen molar-refractivity contribution in [1.29, 1.82) is 0 Å². The molecule has 0 saturated carbocycles. The standard InChI is InChI=1S/C15H29N3S/c1-7-9-16-11-12-14(15(2,3)4)17-13(19-12)8-10-18(5)6/h16H,7-11H2,1-6H3. The minimum Gasteiger partial charge on any atom is -0.312 e. The average Bonchev–Trinajstić information content (AvgIpc) is 2.70. The van der Waals surface area contributed by atoms with E-state index in [1.807, 2.05) is 11.3 Å². The number of hydrogen-bond acceptors (Lipinski definition) is 4. The minimum atomic E-state index is 0.135. The molecule has 1 aromatic rings. The van der Waals surface area contributed by atoms with Crippen LogP contribution in [0.25, 0.3) is 0 Å². The fourth-order valence-electron chi connectivity index (χ4n) is 1.91. The number of nitrogens with zero attached hydrogens (tertiary/aromatic N) is 2. The maximum atomic E-state index is 4.88. The van der Waals surface area contributed by atoms with E-state index in [4.69, 9.17) is 4.98 Å². The van der Waals surface area contributed by atoms with E-state index in [2.05, 4.69) is 52.0 Å². The van der Waals surface area contributed by atoms with Gasteiger partial charge in [0.2, 0.25) is 0 Å². The molecule has 1 N–H and O–H groups in total. The van der Waals surface area contributed by atoms with E-state index in [0.29, 0.717) is 0 Å². The Kier molecular flexibility index (Phi) is 6.43. The van der Waals surface area contributed by atoms with Crippen LogP contribution in [0.15, 0.2) is 0 Å². The number of likely N-dealkylation sites (N-methyl/N-ethyl adjacent to an activating group) is 1. The molecule has 3 nitrogen and oxygen atoms in total. The van der Waals surface area contributed by atoms with Gasteiger partial charge in [-0.2, -0.15) is 0 Å². The van der Waals surface area contributed by atoms with Crippen LogP contribution in [-0.2, 0) is 18.4 Å². The van der Waals surface area contributed by atoms with Gasteiger partial charge in [-0.1, -0.05) is 27.7 Å². The van der Waals surface area contributed by atoms with Gasteiger partial charge in [0, 0.05) is 29.8 Å². The summed E-state index contributed by atoms with van der Waals surface area (Å²) >= 11 is 1.88. The van der Waals surface area contributed by atoms with Gasteiger partial charge in [-0.25, -0.2) is 4.98 Å². The van der Waals surface area contributed by atoms with Crippen molar-refractivity contribution in [3.63, 3.8) is 0 Å². The van der Waals surface area contributed by atoms with Gasteiger partial charge >= 0.3 is 0 Å². The third-order valence-electron chi connectivity index (χ3n) is 2.94. The van der Waals surface area contributed by atoms with E-state index in [9.17, 15) is 0 Å². The summed E-state index contributed by atoms with van der Waals surface area (Å²) in [5.74, 6) is 0. The molecule has 0 aromatic carbocycles. The number of nitrogens with one attached hydrogen (secondary N) is 1. The lowest BCUT2D eigenvalue weighted by Gasteiger charge is -2.17. The molecule has 0 bridgehead atoms. The van der Waals surface area contributed by atoms with Crippen LogP contribution < -0.4 is 5.32 Å². The van der Waals surface area contributed by atoms with E-state index >= 15 is 0 Å². The molecule has 1 rings (SSSR count). The molecule has 0 spiro atoms. The molecule has 0 fully saturated rings. The molecule has 0 aliphatic carbocycles. The first kappa shape index (κ1) is 16.6. The van der Waals surface area contributed by atoms with Gasteiger partial charge in [-0.05, 0) is 27.1 Å². The highest BCUT2D eigenvalue weighted by Gasteiger charge is 2.22. The molecule has 0 aliphatic rings. The predicted molar refractivity (Wildman–Crippen MR) is 85.1 cm³/mol. The monoisotopic (exact) mass is 283 g/mol. The second kappa shape index (κ2) is 7.36. The molecule has 1 aromatic heterocycles. The van der Waals surface area contributed by atoms with Crippen LogP contribution in [-0.4, -0.2) is 37.1 Å². The Bertz CT molecular complexity index is 377. The molecule has 4 heteroatoms. The van der Waals surface area contributed by atoms with E-state index < -0.39 is 0 Å². The molecule has 0 amide bonds. The van der Waals surface area contributed by atoms with Crippen molar-refractivity contribution < 1.29 is 0 Å². The van der Waals surface area contributed by atoms with Crippen LogP contribution in [0, 0.1) is 0 Å². The van der Waals surface area contributed by atoms with Gasteiger partial charge in [-0.3, -0.25) is 0 Å². The Labute approximate surface area is 122 Å². The van der Waals surface area contributed by atoms with Crippen molar-refractivity contribution in [1.82, 2.24) is 15.2 Å². The van der Waals surface area contributed by atoms with Crippen molar-refractivity contribution in [2.75, 3.05) is 27.2 Å². The van der Waals surface area contributed by atoms with Gasteiger partial charge in [-0.15, -0.1) is 11.3 Å². The first-order valence-electron chi connectivity index (χ1n) is 7.19.